The van der Waals surface area contributed by atoms with Crippen molar-refractivity contribution in [1.82, 2.24) is 24.8 Å². The summed E-state index contributed by atoms with van der Waals surface area (Å²) in [6, 6.07) is 2.73. The smallest absolute Gasteiger partial charge is 0.410 e. The molecule has 5 atom stereocenters. The van der Waals surface area contributed by atoms with Crippen LogP contribution in [-0.2, 0) is 9.47 Å². The largest absolute Gasteiger partial charge is 0.475 e. The van der Waals surface area contributed by atoms with Gasteiger partial charge in [0.25, 0.3) is 0 Å². The monoisotopic (exact) mass is 754 g/mol. The predicted molar refractivity (Wildman–Crippen MR) is 192 cm³/mol. The number of pyridine rings is 1. The van der Waals surface area contributed by atoms with E-state index in [4.69, 9.17) is 50.2 Å². The fourth-order valence-electron chi connectivity index (χ4n) is 9.34. The minimum Gasteiger partial charge on any atom is -0.475 e. The van der Waals surface area contributed by atoms with Crippen molar-refractivity contribution < 1.29 is 37.3 Å². The lowest BCUT2D eigenvalue weighted by Crippen LogP contribution is -2.63. The third-order valence-corrected chi connectivity index (χ3v) is 12.0. The van der Waals surface area contributed by atoms with E-state index >= 15 is 4.39 Å². The standard InChI is InChI=1S/C38H45ClF2N6O6/c1-37(2,3)53-36(48)47-22-8-9-26(47)27-17-50-34-29-32(30(41)31(42-34)24-12-23(52-19-49-4)13-25(39)28(24)20-6-7-20)43-35(44-33(29)46(27)16-22)51-18-38-10-5-11-45(38)15-21(40)14-38/h12-13,20-22,26-27H,5-11,14-19H2,1-4H3/t21-,22+,26-,27-,38-/m1/s1. The van der Waals surface area contributed by atoms with Gasteiger partial charge in [-0.05, 0) is 89.5 Å². The number of aromatic nitrogens is 3. The maximum atomic E-state index is 17.4. The number of carbonyl (C=O) groups excluding carboxylic acids is 1. The molecule has 1 saturated carbocycles. The summed E-state index contributed by atoms with van der Waals surface area (Å²) < 4.78 is 61.7. The number of carbonyl (C=O) groups is 1. The van der Waals surface area contributed by atoms with Crippen molar-refractivity contribution in [3.63, 3.8) is 0 Å². The van der Waals surface area contributed by atoms with Gasteiger partial charge in [-0.1, -0.05) is 11.6 Å². The number of hydrogen-bond donors (Lipinski definition) is 0. The van der Waals surface area contributed by atoms with E-state index in [1.54, 1.807) is 12.1 Å². The molecule has 1 aromatic carbocycles. The van der Waals surface area contributed by atoms with E-state index in [1.165, 1.54) is 7.11 Å². The maximum absolute atomic E-state index is 17.4. The highest BCUT2D eigenvalue weighted by Gasteiger charge is 2.53. The van der Waals surface area contributed by atoms with Gasteiger partial charge in [-0.2, -0.15) is 9.97 Å². The molecule has 5 fully saturated rings. The van der Waals surface area contributed by atoms with Crippen LogP contribution in [0.15, 0.2) is 12.1 Å². The number of nitrogens with zero attached hydrogens (tertiary/aromatic N) is 6. The Morgan fingerprint density at radius 3 is 2.70 bits per heavy atom. The molecule has 6 aliphatic rings. The normalized spacial score (nSPS) is 27.8. The molecule has 0 unspecified atom stereocenters. The summed E-state index contributed by atoms with van der Waals surface area (Å²) in [6.07, 6.45) is 4.20. The summed E-state index contributed by atoms with van der Waals surface area (Å²) in [5.74, 6) is 0.518. The Balaban J connectivity index is 1.17. The van der Waals surface area contributed by atoms with Gasteiger partial charge in [0, 0.05) is 37.2 Å². The second kappa shape index (κ2) is 12.9. The molecule has 2 bridgehead atoms. The molecule has 9 rings (SSSR count). The van der Waals surface area contributed by atoms with Crippen molar-refractivity contribution in [3.8, 4) is 28.9 Å². The number of alkyl halides is 1. The van der Waals surface area contributed by atoms with E-state index in [2.05, 4.69) is 9.80 Å². The van der Waals surface area contributed by atoms with Gasteiger partial charge in [0.1, 0.15) is 53.2 Å². The number of halogens is 3. The lowest BCUT2D eigenvalue weighted by Gasteiger charge is -2.46. The lowest BCUT2D eigenvalue weighted by atomic mass is 9.95. The Labute approximate surface area is 312 Å². The Morgan fingerprint density at radius 1 is 1.09 bits per heavy atom. The first kappa shape index (κ1) is 35.0. The molecule has 12 nitrogen and oxygen atoms in total. The van der Waals surface area contributed by atoms with E-state index in [9.17, 15) is 9.18 Å². The summed E-state index contributed by atoms with van der Waals surface area (Å²) in [7, 11) is 1.52. The molecular weight excluding hydrogens is 710 g/mol. The molecule has 3 aromatic rings. The van der Waals surface area contributed by atoms with Gasteiger partial charge in [0.05, 0.1) is 23.7 Å². The van der Waals surface area contributed by atoms with Crippen LogP contribution < -0.4 is 19.1 Å². The summed E-state index contributed by atoms with van der Waals surface area (Å²) in [4.78, 5) is 34.2. The number of fused-ring (bicyclic) bond motifs is 6. The number of hydrogen-bond acceptors (Lipinski definition) is 11. The van der Waals surface area contributed by atoms with Crippen molar-refractivity contribution in [3.05, 3.63) is 28.5 Å². The number of methoxy groups -OCH3 is 1. The molecule has 284 valence electrons. The predicted octanol–water partition coefficient (Wildman–Crippen LogP) is 6.65. The van der Waals surface area contributed by atoms with Crippen molar-refractivity contribution in [2.45, 2.75) is 107 Å². The summed E-state index contributed by atoms with van der Waals surface area (Å²) >= 11 is 6.86. The van der Waals surface area contributed by atoms with Crippen LogP contribution in [0.1, 0.15) is 77.2 Å². The van der Waals surface area contributed by atoms with Gasteiger partial charge in [0.2, 0.25) is 5.88 Å². The minimum absolute atomic E-state index is 0.00164. The van der Waals surface area contributed by atoms with Gasteiger partial charge < -0.3 is 28.6 Å². The zero-order valence-electron chi connectivity index (χ0n) is 30.5. The number of piperazine rings is 1. The van der Waals surface area contributed by atoms with Crippen molar-refractivity contribution >= 4 is 34.4 Å². The van der Waals surface area contributed by atoms with Crippen LogP contribution in [-0.4, -0.2) is 113 Å². The summed E-state index contributed by atoms with van der Waals surface area (Å²) in [6.45, 7) is 7.52. The maximum Gasteiger partial charge on any atom is 0.410 e. The van der Waals surface area contributed by atoms with Gasteiger partial charge >= 0.3 is 12.1 Å². The zero-order chi connectivity index (χ0) is 36.8. The average Bonchev–Trinajstić information content (AvgIpc) is 3.72. The fraction of sp³-hybridized carbons (Fsp3) is 0.632. The van der Waals surface area contributed by atoms with Crippen LogP contribution in [0, 0.1) is 5.82 Å². The highest BCUT2D eigenvalue weighted by atomic mass is 35.5. The molecule has 53 heavy (non-hydrogen) atoms. The highest BCUT2D eigenvalue weighted by Crippen LogP contribution is 2.51. The molecule has 0 radical (unpaired) electrons. The van der Waals surface area contributed by atoms with Crippen molar-refractivity contribution in [2.75, 3.05) is 51.7 Å². The number of rotatable bonds is 8. The first-order valence-corrected chi connectivity index (χ1v) is 19.1. The number of ether oxygens (including phenoxy) is 5. The van der Waals surface area contributed by atoms with E-state index < -0.39 is 23.1 Å². The summed E-state index contributed by atoms with van der Waals surface area (Å²) in [5, 5.41) is 0.789. The molecule has 2 aromatic heterocycles. The van der Waals surface area contributed by atoms with E-state index in [-0.39, 0.29) is 73.2 Å². The molecule has 4 saturated heterocycles. The molecule has 0 N–H and O–H groups in total. The third-order valence-electron chi connectivity index (χ3n) is 11.7. The molecule has 5 aliphatic heterocycles. The van der Waals surface area contributed by atoms with Crippen LogP contribution in [0.2, 0.25) is 5.02 Å². The SMILES string of the molecule is COCOc1cc(Cl)c(C2CC2)c(-c2nc3c4c(nc(OC[C@]56CCCN5C[C@H](F)C6)nc4c2F)N2C[C@@H]4CC[C@H]([C@H]2CO3)N4C(=O)OC(C)(C)C)c1. The van der Waals surface area contributed by atoms with Gasteiger partial charge in [-0.15, -0.1) is 0 Å². The Bertz CT molecular complexity index is 1960. The first-order valence-electron chi connectivity index (χ1n) is 18.7. The second-order valence-corrected chi connectivity index (χ2v) is 16.8. The van der Waals surface area contributed by atoms with E-state index in [0.29, 0.717) is 47.1 Å². The third kappa shape index (κ3) is 6.08. The Hall–Kier alpha value is -3.75. The Kier molecular flexibility index (Phi) is 8.54. The fourth-order valence-corrected chi connectivity index (χ4v) is 9.70. The van der Waals surface area contributed by atoms with Crippen LogP contribution in [0.4, 0.5) is 19.4 Å². The second-order valence-electron chi connectivity index (χ2n) is 16.4. The molecule has 1 amide bonds. The molecule has 1 aliphatic carbocycles. The van der Waals surface area contributed by atoms with Crippen LogP contribution >= 0.6 is 11.6 Å². The zero-order valence-corrected chi connectivity index (χ0v) is 31.3. The lowest BCUT2D eigenvalue weighted by molar-refractivity contribution is 0.00537. The Morgan fingerprint density at radius 2 is 1.92 bits per heavy atom. The van der Waals surface area contributed by atoms with Gasteiger partial charge in [-0.25, -0.2) is 18.6 Å². The number of benzene rings is 1. The topological polar surface area (TPSA) is 112 Å². The molecule has 7 heterocycles. The molecule has 0 spiro atoms. The van der Waals surface area contributed by atoms with Crippen molar-refractivity contribution in [1.29, 1.82) is 0 Å². The van der Waals surface area contributed by atoms with E-state index in [0.717, 1.165) is 50.6 Å². The van der Waals surface area contributed by atoms with Gasteiger partial charge in [-0.3, -0.25) is 9.80 Å². The van der Waals surface area contributed by atoms with Gasteiger partial charge in [0.15, 0.2) is 12.6 Å². The van der Waals surface area contributed by atoms with E-state index in [1.807, 2.05) is 25.7 Å². The van der Waals surface area contributed by atoms with Crippen molar-refractivity contribution in [2.24, 2.45) is 0 Å². The molecular formula is C38H45ClF2N6O6. The number of amides is 1. The quantitative estimate of drug-likeness (QED) is 0.231. The molecule has 15 heteroatoms. The van der Waals surface area contributed by atoms with Crippen LogP contribution in [0.25, 0.3) is 22.2 Å². The average molecular weight is 755 g/mol. The van der Waals surface area contributed by atoms with Crippen LogP contribution in [0.5, 0.6) is 17.6 Å². The number of anilines is 1. The van der Waals surface area contributed by atoms with Crippen LogP contribution in [0.3, 0.4) is 0 Å². The highest BCUT2D eigenvalue weighted by molar-refractivity contribution is 6.32. The summed E-state index contributed by atoms with van der Waals surface area (Å²) in [5.41, 5.74) is 0.204. The minimum atomic E-state index is -0.930. The first-order chi connectivity index (χ1) is 25.4.